The summed E-state index contributed by atoms with van der Waals surface area (Å²) in [7, 11) is 0. The van der Waals surface area contributed by atoms with E-state index in [2.05, 4.69) is 164 Å². The lowest BCUT2D eigenvalue weighted by Crippen LogP contribution is -2.56. The number of nitrogens with zero attached hydrogens (tertiary/aromatic N) is 2. The van der Waals surface area contributed by atoms with E-state index in [1.807, 2.05) is 11.8 Å². The smallest absolute Gasteiger partial charge is 0.333 e. The van der Waals surface area contributed by atoms with Crippen LogP contribution in [0.15, 0.2) is 137 Å². The second-order valence-electron chi connectivity index (χ2n) is 14.2. The number of hydrogen-bond acceptors (Lipinski definition) is 3. The second-order valence-corrected chi connectivity index (χ2v) is 15.1. The van der Waals surface area contributed by atoms with Gasteiger partial charge in [0.2, 0.25) is 0 Å². The third-order valence-corrected chi connectivity index (χ3v) is 12.1. The van der Waals surface area contributed by atoms with Crippen LogP contribution in [0, 0.1) is 20.8 Å². The van der Waals surface area contributed by atoms with Gasteiger partial charge >= 0.3 is 6.85 Å². The number of rotatable bonds is 3. The number of benzene rings is 7. The number of thioether (sulfide) groups is 1. The minimum atomic E-state index is -0.0520. The maximum absolute atomic E-state index is 6.95. The van der Waals surface area contributed by atoms with Crippen molar-refractivity contribution in [3.05, 3.63) is 144 Å². The Morgan fingerprint density at radius 1 is 0.608 bits per heavy atom. The van der Waals surface area contributed by atoms with Gasteiger partial charge in [0, 0.05) is 65.7 Å². The Morgan fingerprint density at radius 2 is 1.35 bits per heavy atom. The molecule has 0 saturated carbocycles. The maximum Gasteiger partial charge on any atom is 0.333 e. The molecule has 2 aromatic heterocycles. The monoisotopic (exact) mass is 672 g/mol. The molecule has 0 unspecified atom stereocenters. The normalized spacial score (nSPS) is 13.1. The van der Waals surface area contributed by atoms with Gasteiger partial charge in [0.25, 0.3) is 0 Å². The number of para-hydroxylation sites is 3. The van der Waals surface area contributed by atoms with Gasteiger partial charge in [-0.25, -0.2) is 0 Å². The van der Waals surface area contributed by atoms with Crippen molar-refractivity contribution in [3.63, 3.8) is 0 Å². The first kappa shape index (κ1) is 29.1. The van der Waals surface area contributed by atoms with Crippen molar-refractivity contribution in [1.29, 1.82) is 0 Å². The van der Waals surface area contributed by atoms with Crippen LogP contribution in [0.2, 0.25) is 0 Å². The quantitative estimate of drug-likeness (QED) is 0.138. The molecule has 4 heterocycles. The Hall–Kier alpha value is -5.65. The van der Waals surface area contributed by atoms with Crippen LogP contribution in [0.3, 0.4) is 0 Å². The molecule has 3 nitrogen and oxygen atoms in total. The fourth-order valence-electron chi connectivity index (χ4n) is 9.49. The molecular weight excluding hydrogens is 639 g/mol. The lowest BCUT2D eigenvalue weighted by Gasteiger charge is -2.40. The summed E-state index contributed by atoms with van der Waals surface area (Å²) in [5.74, 6) is 0. The lowest BCUT2D eigenvalue weighted by atomic mass is 9.45. The molecule has 0 spiro atoms. The summed E-state index contributed by atoms with van der Waals surface area (Å²) in [6, 6.07) is 47.2. The van der Waals surface area contributed by atoms with E-state index >= 15 is 0 Å². The first-order valence-corrected chi connectivity index (χ1v) is 18.9. The van der Waals surface area contributed by atoms with Crippen LogP contribution in [0.1, 0.15) is 16.7 Å². The van der Waals surface area contributed by atoms with Crippen molar-refractivity contribution in [2.24, 2.45) is 0 Å². The van der Waals surface area contributed by atoms with Gasteiger partial charge in [-0.1, -0.05) is 90.5 Å². The van der Waals surface area contributed by atoms with E-state index in [9.17, 15) is 0 Å². The fourth-order valence-corrected chi connectivity index (χ4v) is 10.1. The Morgan fingerprint density at radius 3 is 2.18 bits per heavy atom. The van der Waals surface area contributed by atoms with Crippen molar-refractivity contribution < 1.29 is 4.42 Å². The Balaban J connectivity index is 1.36. The zero-order valence-electron chi connectivity index (χ0n) is 28.9. The summed E-state index contributed by atoms with van der Waals surface area (Å²) in [5.41, 5.74) is 19.6. The summed E-state index contributed by atoms with van der Waals surface area (Å²) in [4.78, 5) is 3.74. The highest BCUT2D eigenvalue weighted by Crippen LogP contribution is 2.51. The van der Waals surface area contributed by atoms with Crippen LogP contribution in [-0.2, 0) is 0 Å². The molecule has 5 heteroatoms. The van der Waals surface area contributed by atoms with Crippen LogP contribution in [0.25, 0.3) is 66.0 Å². The molecule has 0 atom stereocenters. The van der Waals surface area contributed by atoms with Gasteiger partial charge in [-0.15, -0.1) is 11.8 Å². The highest BCUT2D eigenvalue weighted by molar-refractivity contribution is 7.98. The molecule has 0 fully saturated rings. The van der Waals surface area contributed by atoms with E-state index in [1.165, 1.54) is 87.9 Å². The minimum absolute atomic E-state index is 0.0520. The fraction of sp³-hybridized carbons (Fsp3) is 0.0870. The summed E-state index contributed by atoms with van der Waals surface area (Å²) in [6.07, 6.45) is 2.20. The van der Waals surface area contributed by atoms with Crippen molar-refractivity contribution in [2.45, 2.75) is 25.7 Å². The highest BCUT2D eigenvalue weighted by atomic mass is 32.2. The van der Waals surface area contributed by atoms with E-state index in [1.54, 1.807) is 0 Å². The highest BCUT2D eigenvalue weighted by Gasteiger charge is 2.44. The van der Waals surface area contributed by atoms with E-state index in [-0.39, 0.29) is 6.85 Å². The molecule has 242 valence electrons. The molecule has 0 aliphatic carbocycles. The predicted octanol–water partition coefficient (Wildman–Crippen LogP) is 11.4. The number of hydrogen-bond donors (Lipinski definition) is 0. The molecule has 0 amide bonds. The van der Waals surface area contributed by atoms with Gasteiger partial charge < -0.3 is 13.8 Å². The first-order chi connectivity index (χ1) is 25.0. The topological polar surface area (TPSA) is 21.3 Å². The molecule has 51 heavy (non-hydrogen) atoms. The predicted molar refractivity (Wildman–Crippen MR) is 219 cm³/mol. The minimum Gasteiger partial charge on any atom is -0.455 e. The number of anilines is 3. The van der Waals surface area contributed by atoms with Gasteiger partial charge in [0.05, 0.1) is 0 Å². The number of aryl methyl sites for hydroxylation is 3. The van der Waals surface area contributed by atoms with Crippen molar-refractivity contribution in [3.8, 4) is 22.3 Å². The van der Waals surface area contributed by atoms with Crippen molar-refractivity contribution >= 4 is 90.3 Å². The molecule has 0 bridgehead atoms. The molecule has 0 N–H and O–H groups in total. The first-order valence-electron chi connectivity index (χ1n) is 17.7. The zero-order chi connectivity index (χ0) is 34.1. The molecule has 2 aliphatic rings. The van der Waals surface area contributed by atoms with E-state index in [0.29, 0.717) is 0 Å². The van der Waals surface area contributed by atoms with Crippen LogP contribution >= 0.6 is 11.8 Å². The molecule has 0 radical (unpaired) electrons. The van der Waals surface area contributed by atoms with E-state index < -0.39 is 0 Å². The summed E-state index contributed by atoms with van der Waals surface area (Å²) >= 11 is 1.82. The Kier molecular flexibility index (Phi) is 5.96. The largest absolute Gasteiger partial charge is 0.455 e. The standard InChI is InChI=1S/C46H33BN2OS/c1-26-22-27(2)41(28(3)23-26)29-18-19-31-33-20-21-40(51-4)42-43-44-38(25-34-32-14-8-11-17-39(32)50-46(34)43)48(30-12-6-5-7-13-30)36-16-10-9-15-35(36)47(44)49(45(33)42)37(31)24-29/h5-25H,1-4H3. The van der Waals surface area contributed by atoms with E-state index in [0.717, 1.165) is 27.6 Å². The Bertz CT molecular complexity index is 2930. The Labute approximate surface area is 301 Å². The van der Waals surface area contributed by atoms with Gasteiger partial charge in [0.15, 0.2) is 0 Å². The van der Waals surface area contributed by atoms with Crippen LogP contribution in [0.4, 0.5) is 17.1 Å². The average molecular weight is 673 g/mol. The second kappa shape index (κ2) is 10.4. The summed E-state index contributed by atoms with van der Waals surface area (Å²) in [5, 5.41) is 4.86. The van der Waals surface area contributed by atoms with Crippen LogP contribution in [0.5, 0.6) is 0 Å². The van der Waals surface area contributed by atoms with E-state index in [4.69, 9.17) is 4.42 Å². The van der Waals surface area contributed by atoms with Crippen LogP contribution in [-0.4, -0.2) is 17.6 Å². The SMILES string of the molecule is CSc1ccc2c3ccc(-c4c(C)cc(C)cc4C)cc3n3c2c1-c1c2c(cc4c1oc1ccccc14)N(c1ccccc1)c1ccccc1B23. The summed E-state index contributed by atoms with van der Waals surface area (Å²) < 4.78 is 9.62. The van der Waals surface area contributed by atoms with Gasteiger partial charge in [0.1, 0.15) is 11.2 Å². The third kappa shape index (κ3) is 3.82. The van der Waals surface area contributed by atoms with Crippen molar-refractivity contribution in [1.82, 2.24) is 4.48 Å². The summed E-state index contributed by atoms with van der Waals surface area (Å²) in [6.45, 7) is 6.63. The zero-order valence-corrected chi connectivity index (χ0v) is 29.7. The molecule has 7 aromatic carbocycles. The molecule has 0 saturated heterocycles. The average Bonchev–Trinajstić information content (AvgIpc) is 3.68. The number of furan rings is 1. The number of fused-ring (bicyclic) bond motifs is 11. The number of aromatic nitrogens is 1. The van der Waals surface area contributed by atoms with Crippen LogP contribution < -0.4 is 15.8 Å². The van der Waals surface area contributed by atoms with Crippen molar-refractivity contribution in [2.75, 3.05) is 11.2 Å². The molecule has 9 aromatic rings. The van der Waals surface area contributed by atoms with Gasteiger partial charge in [-0.05, 0) is 103 Å². The van der Waals surface area contributed by atoms with Gasteiger partial charge in [-0.2, -0.15) is 0 Å². The molecule has 2 aliphatic heterocycles. The maximum atomic E-state index is 6.95. The third-order valence-electron chi connectivity index (χ3n) is 11.3. The lowest BCUT2D eigenvalue weighted by molar-refractivity contribution is 0.670. The molecule has 11 rings (SSSR count). The molecular formula is C46H33BN2OS. The van der Waals surface area contributed by atoms with Gasteiger partial charge in [-0.3, -0.25) is 0 Å².